The van der Waals surface area contributed by atoms with Crippen LogP contribution in [-0.4, -0.2) is 64.5 Å². The predicted molar refractivity (Wildman–Crippen MR) is 108 cm³/mol. The van der Waals surface area contributed by atoms with Gasteiger partial charge in [-0.3, -0.25) is 19.2 Å². The van der Waals surface area contributed by atoms with Crippen LogP contribution in [0.15, 0.2) is 24.3 Å². The number of phenolic OH excluding ortho intramolecular Hbond substituents is 1. The van der Waals surface area contributed by atoms with Gasteiger partial charge < -0.3 is 37.6 Å². The van der Waals surface area contributed by atoms with E-state index in [2.05, 4.69) is 16.0 Å². The number of carbonyl (C=O) groups excluding carboxylic acids is 4. The predicted octanol–water partition coefficient (Wildman–Crippen LogP) is -2.28. The molecule has 0 saturated carbocycles. The highest BCUT2D eigenvalue weighted by Crippen LogP contribution is 2.10. The second kappa shape index (κ2) is 12.1. The monoisotopic (exact) mass is 437 g/mol. The average molecular weight is 437 g/mol. The van der Waals surface area contributed by atoms with E-state index in [1.807, 2.05) is 0 Å². The van der Waals surface area contributed by atoms with Gasteiger partial charge in [-0.1, -0.05) is 12.1 Å². The van der Waals surface area contributed by atoms with Crippen molar-refractivity contribution in [3.63, 3.8) is 0 Å². The lowest BCUT2D eigenvalue weighted by Gasteiger charge is -2.18. The molecular formula is C19H27N5O7. The number of nitrogens with one attached hydrogen (secondary N) is 3. The van der Waals surface area contributed by atoms with Gasteiger partial charge in [-0.15, -0.1) is 0 Å². The third kappa shape index (κ3) is 9.58. The van der Waals surface area contributed by atoms with Gasteiger partial charge in [0.1, 0.15) is 17.8 Å². The summed E-state index contributed by atoms with van der Waals surface area (Å²) in [5, 5.41) is 25.2. The molecule has 1 aromatic rings. The number of nitrogens with two attached hydrogens (primary N) is 2. The fourth-order valence-corrected chi connectivity index (χ4v) is 2.47. The Bertz CT molecular complexity index is 812. The number of primary amides is 1. The van der Waals surface area contributed by atoms with Crippen molar-refractivity contribution < 1.29 is 34.2 Å². The van der Waals surface area contributed by atoms with Gasteiger partial charge in [0.25, 0.3) is 0 Å². The number of aromatic hydroxyl groups is 1. The van der Waals surface area contributed by atoms with Crippen molar-refractivity contribution in [3.05, 3.63) is 29.8 Å². The van der Waals surface area contributed by atoms with Crippen molar-refractivity contribution >= 4 is 29.6 Å². The molecule has 3 atom stereocenters. The van der Waals surface area contributed by atoms with Gasteiger partial charge in [-0.25, -0.2) is 4.79 Å². The number of hydrogen-bond donors (Lipinski definition) is 7. The Balaban J connectivity index is 2.45. The first-order chi connectivity index (χ1) is 14.5. The van der Waals surface area contributed by atoms with Gasteiger partial charge in [0, 0.05) is 6.42 Å². The molecule has 0 fully saturated rings. The molecule has 31 heavy (non-hydrogen) atoms. The van der Waals surface area contributed by atoms with Gasteiger partial charge in [-0.2, -0.15) is 0 Å². The molecule has 0 saturated heterocycles. The van der Waals surface area contributed by atoms with Crippen molar-refractivity contribution in [2.24, 2.45) is 11.5 Å². The number of amides is 4. The topological polar surface area (TPSA) is 214 Å². The molecule has 1 rings (SSSR count). The van der Waals surface area contributed by atoms with Crippen LogP contribution in [0.2, 0.25) is 0 Å². The van der Waals surface area contributed by atoms with Crippen LogP contribution < -0.4 is 27.4 Å². The second-order valence-corrected chi connectivity index (χ2v) is 6.89. The minimum atomic E-state index is -1.34. The lowest BCUT2D eigenvalue weighted by atomic mass is 10.1. The van der Waals surface area contributed by atoms with Crippen LogP contribution in [0.3, 0.4) is 0 Å². The molecule has 0 spiro atoms. The zero-order chi connectivity index (χ0) is 23.6. The maximum atomic E-state index is 12.2. The first-order valence-corrected chi connectivity index (χ1v) is 9.41. The van der Waals surface area contributed by atoms with E-state index in [-0.39, 0.29) is 25.0 Å². The van der Waals surface area contributed by atoms with Crippen LogP contribution in [0.1, 0.15) is 25.3 Å². The Kier molecular flexibility index (Phi) is 9.92. The molecule has 0 aliphatic heterocycles. The highest BCUT2D eigenvalue weighted by atomic mass is 16.4. The lowest BCUT2D eigenvalue weighted by molar-refractivity contribution is -0.142. The highest BCUT2D eigenvalue weighted by Gasteiger charge is 2.23. The Morgan fingerprint density at radius 2 is 1.65 bits per heavy atom. The summed E-state index contributed by atoms with van der Waals surface area (Å²) in [6.45, 7) is 0.865. The third-order valence-corrected chi connectivity index (χ3v) is 4.22. The van der Waals surface area contributed by atoms with Crippen molar-refractivity contribution in [1.29, 1.82) is 0 Å². The summed E-state index contributed by atoms with van der Waals surface area (Å²) in [6, 6.07) is 2.89. The van der Waals surface area contributed by atoms with Gasteiger partial charge in [-0.05, 0) is 37.5 Å². The van der Waals surface area contributed by atoms with E-state index >= 15 is 0 Å². The molecule has 12 nitrogen and oxygen atoms in total. The third-order valence-electron chi connectivity index (χ3n) is 4.22. The van der Waals surface area contributed by atoms with Gasteiger partial charge in [0.2, 0.25) is 23.6 Å². The van der Waals surface area contributed by atoms with E-state index in [1.54, 1.807) is 12.1 Å². The zero-order valence-electron chi connectivity index (χ0n) is 17.0. The minimum absolute atomic E-state index is 0.0821. The van der Waals surface area contributed by atoms with E-state index in [0.717, 1.165) is 5.56 Å². The summed E-state index contributed by atoms with van der Waals surface area (Å²) in [4.78, 5) is 58.0. The number of benzene rings is 1. The van der Waals surface area contributed by atoms with E-state index in [1.165, 1.54) is 19.1 Å². The highest BCUT2D eigenvalue weighted by molar-refractivity contribution is 5.92. The standard InChI is InChI=1S/C19H27N5O7/c1-10(23-18(29)13(20)8-11-2-4-12(25)5-3-11)17(28)22-9-16(27)24-14(19(30)31)6-7-15(21)26/h2-5,10,13-14,25H,6-9,20H2,1H3,(H2,21,26)(H,22,28)(H,23,29)(H,24,27)(H,30,31). The first-order valence-electron chi connectivity index (χ1n) is 9.41. The van der Waals surface area contributed by atoms with Crippen LogP contribution in [0.4, 0.5) is 0 Å². The summed E-state index contributed by atoms with van der Waals surface area (Å²) < 4.78 is 0. The molecule has 0 aliphatic rings. The number of aliphatic carboxylic acids is 1. The lowest BCUT2D eigenvalue weighted by Crippen LogP contribution is -2.52. The maximum absolute atomic E-state index is 12.2. The molecule has 170 valence electrons. The van der Waals surface area contributed by atoms with E-state index in [9.17, 15) is 29.1 Å². The fourth-order valence-electron chi connectivity index (χ4n) is 2.47. The quantitative estimate of drug-likeness (QED) is 0.189. The number of carbonyl (C=O) groups is 5. The summed E-state index contributed by atoms with van der Waals surface area (Å²) in [5.41, 5.74) is 11.5. The Labute approximate surface area is 178 Å². The molecule has 0 heterocycles. The second-order valence-electron chi connectivity index (χ2n) is 6.89. The minimum Gasteiger partial charge on any atom is -0.508 e. The summed E-state index contributed by atoms with van der Waals surface area (Å²) >= 11 is 0. The van der Waals surface area contributed by atoms with E-state index in [4.69, 9.17) is 16.6 Å². The molecule has 12 heteroatoms. The largest absolute Gasteiger partial charge is 0.508 e. The number of rotatable bonds is 12. The van der Waals surface area contributed by atoms with Crippen molar-refractivity contribution in [3.8, 4) is 5.75 Å². The summed E-state index contributed by atoms with van der Waals surface area (Å²) in [7, 11) is 0. The average Bonchev–Trinajstić information content (AvgIpc) is 2.70. The molecular weight excluding hydrogens is 410 g/mol. The normalized spacial score (nSPS) is 13.4. The van der Waals surface area contributed by atoms with Crippen LogP contribution >= 0.6 is 0 Å². The Morgan fingerprint density at radius 1 is 1.03 bits per heavy atom. The van der Waals surface area contributed by atoms with Crippen molar-refractivity contribution in [2.75, 3.05) is 6.54 Å². The van der Waals surface area contributed by atoms with Crippen LogP contribution in [0.25, 0.3) is 0 Å². The zero-order valence-corrected chi connectivity index (χ0v) is 17.0. The molecule has 3 unspecified atom stereocenters. The fraction of sp³-hybridized carbons (Fsp3) is 0.421. The maximum Gasteiger partial charge on any atom is 0.326 e. The number of phenols is 1. The number of carboxylic acids is 1. The van der Waals surface area contributed by atoms with Crippen LogP contribution in [0.5, 0.6) is 5.75 Å². The van der Waals surface area contributed by atoms with Gasteiger partial charge in [0.15, 0.2) is 0 Å². The number of hydrogen-bond acceptors (Lipinski definition) is 7. The summed E-state index contributed by atoms with van der Waals surface area (Å²) in [5.74, 6) is -4.01. The molecule has 4 amide bonds. The van der Waals surface area contributed by atoms with Crippen LogP contribution in [-0.2, 0) is 30.4 Å². The summed E-state index contributed by atoms with van der Waals surface area (Å²) in [6.07, 6.45) is -0.225. The first kappa shape index (κ1) is 25.4. The molecule has 9 N–H and O–H groups in total. The Morgan fingerprint density at radius 3 is 2.19 bits per heavy atom. The van der Waals surface area contributed by atoms with Crippen molar-refractivity contribution in [1.82, 2.24) is 16.0 Å². The van der Waals surface area contributed by atoms with Gasteiger partial charge in [0.05, 0.1) is 12.6 Å². The number of carboxylic acid groups (broad SMARTS) is 1. The van der Waals surface area contributed by atoms with Gasteiger partial charge >= 0.3 is 5.97 Å². The molecule has 0 radical (unpaired) electrons. The van der Waals surface area contributed by atoms with Crippen molar-refractivity contribution in [2.45, 2.75) is 44.3 Å². The molecule has 0 bridgehead atoms. The molecule has 0 aliphatic carbocycles. The SMILES string of the molecule is CC(NC(=O)C(N)Cc1ccc(O)cc1)C(=O)NCC(=O)NC(CCC(N)=O)C(=O)O. The van der Waals surface area contributed by atoms with E-state index in [0.29, 0.717) is 0 Å². The van der Waals surface area contributed by atoms with Crippen LogP contribution in [0, 0.1) is 0 Å². The Hall–Kier alpha value is -3.67. The molecule has 1 aromatic carbocycles. The van der Waals surface area contributed by atoms with E-state index < -0.39 is 54.3 Å². The molecule has 0 aromatic heterocycles. The smallest absolute Gasteiger partial charge is 0.326 e.